The van der Waals surface area contributed by atoms with Crippen molar-refractivity contribution in [2.75, 3.05) is 19.8 Å². The first kappa shape index (κ1) is 17.4. The highest BCUT2D eigenvalue weighted by Crippen LogP contribution is 2.25. The summed E-state index contributed by atoms with van der Waals surface area (Å²) in [5.74, 6) is -4.14. The molecular formula is C11H16BrF4N3O. The molecule has 1 heterocycles. The first-order valence-electron chi connectivity index (χ1n) is 5.94. The van der Waals surface area contributed by atoms with Crippen LogP contribution in [0.2, 0.25) is 0 Å². The van der Waals surface area contributed by atoms with E-state index in [0.29, 0.717) is 16.7 Å². The van der Waals surface area contributed by atoms with E-state index in [1.54, 1.807) is 17.9 Å². The van der Waals surface area contributed by atoms with Gasteiger partial charge in [-0.3, -0.25) is 4.68 Å². The van der Waals surface area contributed by atoms with E-state index in [0.717, 1.165) is 0 Å². The van der Waals surface area contributed by atoms with E-state index >= 15 is 0 Å². The Kier molecular flexibility index (Phi) is 6.41. The number of hydrogen-bond donors (Lipinski definition) is 1. The second-order valence-corrected chi connectivity index (χ2v) is 5.04. The highest BCUT2D eigenvalue weighted by molar-refractivity contribution is 9.10. The lowest BCUT2D eigenvalue weighted by atomic mass is 10.2. The van der Waals surface area contributed by atoms with Crippen LogP contribution in [0.25, 0.3) is 0 Å². The fourth-order valence-electron chi connectivity index (χ4n) is 1.67. The van der Waals surface area contributed by atoms with Crippen molar-refractivity contribution >= 4 is 15.9 Å². The Morgan fingerprint density at radius 3 is 2.60 bits per heavy atom. The Hall–Kier alpha value is -0.670. The van der Waals surface area contributed by atoms with Gasteiger partial charge < -0.3 is 10.1 Å². The summed E-state index contributed by atoms with van der Waals surface area (Å²) in [6.45, 7) is 0.929. The van der Waals surface area contributed by atoms with Crippen LogP contribution in [0.15, 0.2) is 10.7 Å². The Morgan fingerprint density at radius 2 is 2.15 bits per heavy atom. The van der Waals surface area contributed by atoms with Crippen molar-refractivity contribution in [3.63, 3.8) is 0 Å². The minimum absolute atomic E-state index is 0.158. The first-order chi connectivity index (χ1) is 9.29. The summed E-state index contributed by atoms with van der Waals surface area (Å²) in [7, 11) is 1.69. The molecule has 0 radical (unpaired) electrons. The van der Waals surface area contributed by atoms with Crippen molar-refractivity contribution in [3.8, 4) is 0 Å². The van der Waals surface area contributed by atoms with Gasteiger partial charge in [0.25, 0.3) is 0 Å². The van der Waals surface area contributed by atoms with Crippen molar-refractivity contribution in [1.82, 2.24) is 15.1 Å². The summed E-state index contributed by atoms with van der Waals surface area (Å²) in [5, 5.41) is 7.04. The molecule has 1 aromatic rings. The molecular weight excluding hydrogens is 346 g/mol. The lowest BCUT2D eigenvalue weighted by Gasteiger charge is -2.21. The van der Waals surface area contributed by atoms with Gasteiger partial charge in [-0.2, -0.15) is 13.9 Å². The molecule has 0 saturated carbocycles. The average Bonchev–Trinajstić information content (AvgIpc) is 2.68. The van der Waals surface area contributed by atoms with E-state index in [9.17, 15) is 17.6 Å². The van der Waals surface area contributed by atoms with E-state index in [2.05, 4.69) is 26.3 Å². The summed E-state index contributed by atoms with van der Waals surface area (Å²) < 4.78 is 56.6. The van der Waals surface area contributed by atoms with Crippen LogP contribution in [0.5, 0.6) is 0 Å². The Morgan fingerprint density at radius 1 is 1.50 bits per heavy atom. The topological polar surface area (TPSA) is 39.1 Å². The predicted octanol–water partition coefficient (Wildman–Crippen LogP) is 2.75. The molecule has 20 heavy (non-hydrogen) atoms. The molecule has 0 aliphatic rings. The van der Waals surface area contributed by atoms with Gasteiger partial charge in [-0.1, -0.05) is 6.92 Å². The smallest absolute Gasteiger partial charge is 0.330 e. The summed E-state index contributed by atoms with van der Waals surface area (Å²) in [4.78, 5) is 0. The van der Waals surface area contributed by atoms with Gasteiger partial charge in [-0.25, -0.2) is 8.78 Å². The fraction of sp³-hybridized carbons (Fsp3) is 0.727. The van der Waals surface area contributed by atoms with Crippen LogP contribution in [0.4, 0.5) is 17.6 Å². The summed E-state index contributed by atoms with van der Waals surface area (Å²) in [6, 6.07) is -0.421. The van der Waals surface area contributed by atoms with Gasteiger partial charge in [-0.15, -0.1) is 0 Å². The average molecular weight is 362 g/mol. The van der Waals surface area contributed by atoms with Gasteiger partial charge >= 0.3 is 12.3 Å². The number of likely N-dealkylation sites (N-methyl/N-ethyl adjacent to an activating group) is 1. The zero-order chi connectivity index (χ0) is 15.3. The number of nitrogens with one attached hydrogen (secondary N) is 1. The van der Waals surface area contributed by atoms with Crippen molar-refractivity contribution in [1.29, 1.82) is 0 Å². The van der Waals surface area contributed by atoms with Gasteiger partial charge in [0.2, 0.25) is 0 Å². The number of ether oxygens (including phenoxy) is 1. The molecule has 0 aliphatic heterocycles. The highest BCUT2D eigenvalue weighted by Gasteiger charge is 2.41. The number of aryl methyl sites for hydroxylation is 1. The van der Waals surface area contributed by atoms with Crippen LogP contribution >= 0.6 is 15.9 Å². The second kappa shape index (κ2) is 7.37. The SMILES string of the molecule is CCNC(COCC(F)(F)C(F)F)c1c(Br)cnn1C. The molecule has 0 amide bonds. The van der Waals surface area contributed by atoms with Crippen LogP contribution in [0.1, 0.15) is 18.7 Å². The van der Waals surface area contributed by atoms with Crippen LogP contribution in [0, 0.1) is 0 Å². The molecule has 1 unspecified atom stereocenters. The molecule has 1 N–H and O–H groups in total. The Labute approximate surface area is 122 Å². The molecule has 0 aliphatic carbocycles. The minimum atomic E-state index is -4.14. The number of alkyl halides is 4. The molecule has 1 rings (SSSR count). The lowest BCUT2D eigenvalue weighted by Crippen LogP contribution is -2.35. The van der Waals surface area contributed by atoms with E-state index in [4.69, 9.17) is 4.74 Å². The van der Waals surface area contributed by atoms with Gasteiger partial charge in [0.1, 0.15) is 6.61 Å². The monoisotopic (exact) mass is 361 g/mol. The molecule has 116 valence electrons. The van der Waals surface area contributed by atoms with Gasteiger partial charge in [0, 0.05) is 7.05 Å². The third-order valence-corrected chi connectivity index (χ3v) is 3.23. The van der Waals surface area contributed by atoms with E-state index in [1.807, 2.05) is 6.92 Å². The number of aromatic nitrogens is 2. The number of halogens is 5. The molecule has 1 atom stereocenters. The number of nitrogens with zero attached hydrogens (tertiary/aromatic N) is 2. The predicted molar refractivity (Wildman–Crippen MR) is 69.1 cm³/mol. The van der Waals surface area contributed by atoms with E-state index in [-0.39, 0.29) is 6.61 Å². The summed E-state index contributed by atoms with van der Waals surface area (Å²) in [5.41, 5.74) is 0.701. The van der Waals surface area contributed by atoms with Gasteiger partial charge in [0.15, 0.2) is 0 Å². The molecule has 0 aromatic carbocycles. The molecule has 0 bridgehead atoms. The summed E-state index contributed by atoms with van der Waals surface area (Å²) >= 11 is 3.30. The summed E-state index contributed by atoms with van der Waals surface area (Å²) in [6.07, 6.45) is -2.17. The first-order valence-corrected chi connectivity index (χ1v) is 6.73. The van der Waals surface area contributed by atoms with Crippen LogP contribution in [-0.2, 0) is 11.8 Å². The lowest BCUT2D eigenvalue weighted by molar-refractivity contribution is -0.167. The van der Waals surface area contributed by atoms with E-state index < -0.39 is 25.0 Å². The normalized spacial score (nSPS) is 14.0. The third kappa shape index (κ3) is 4.42. The molecule has 0 saturated heterocycles. The van der Waals surface area contributed by atoms with Crippen LogP contribution in [0.3, 0.4) is 0 Å². The molecule has 9 heteroatoms. The van der Waals surface area contributed by atoms with Gasteiger partial charge in [0.05, 0.1) is 29.0 Å². The molecule has 4 nitrogen and oxygen atoms in total. The quantitative estimate of drug-likeness (QED) is 0.723. The zero-order valence-corrected chi connectivity index (χ0v) is 12.6. The Bertz CT molecular complexity index is 408. The van der Waals surface area contributed by atoms with E-state index in [1.165, 1.54) is 0 Å². The molecule has 1 aromatic heterocycles. The highest BCUT2D eigenvalue weighted by atomic mass is 79.9. The third-order valence-electron chi connectivity index (χ3n) is 2.62. The maximum Gasteiger partial charge on any atom is 0.330 e. The standard InChI is InChI=1S/C11H16BrF4N3O/c1-3-17-8(9-7(12)4-18-19(9)2)5-20-6-11(15,16)10(13)14/h4,8,10,17H,3,5-6H2,1-2H3. The van der Waals surface area contributed by atoms with Crippen molar-refractivity contribution < 1.29 is 22.3 Å². The number of hydrogen-bond acceptors (Lipinski definition) is 3. The van der Waals surface area contributed by atoms with Crippen molar-refractivity contribution in [2.45, 2.75) is 25.3 Å². The maximum atomic E-state index is 12.8. The van der Waals surface area contributed by atoms with Gasteiger partial charge in [-0.05, 0) is 22.5 Å². The van der Waals surface area contributed by atoms with Crippen LogP contribution in [-0.4, -0.2) is 41.9 Å². The Balaban J connectivity index is 2.66. The second-order valence-electron chi connectivity index (χ2n) is 4.19. The van der Waals surface area contributed by atoms with Crippen LogP contribution < -0.4 is 5.32 Å². The minimum Gasteiger partial charge on any atom is -0.373 e. The zero-order valence-electron chi connectivity index (χ0n) is 11.0. The molecule has 0 fully saturated rings. The largest absolute Gasteiger partial charge is 0.373 e. The van der Waals surface area contributed by atoms with Crippen molar-refractivity contribution in [3.05, 3.63) is 16.4 Å². The maximum absolute atomic E-state index is 12.8. The fourth-order valence-corrected chi connectivity index (χ4v) is 2.29. The molecule has 0 spiro atoms. The number of rotatable bonds is 8. The van der Waals surface area contributed by atoms with Crippen molar-refractivity contribution in [2.24, 2.45) is 7.05 Å².